The molecule has 0 heterocycles. The highest BCUT2D eigenvalue weighted by atomic mass is 127. The number of ether oxygens (including phenoxy) is 1. The number of nitrogens with zero attached hydrogens (tertiary/aromatic N) is 2. The number of esters is 1. The molecule has 1 aromatic carbocycles. The standard InChI is InChI=1S/C10H12IN5O2/c1-18-8(17)5-3-2-4-6(7(5)11)15-10(14)16-9(12)13/h2-4H,1H3,(H6,12,13,14,15,16). The van der Waals surface area contributed by atoms with E-state index < -0.39 is 5.97 Å². The third-order valence-electron chi connectivity index (χ3n) is 1.86. The number of halogens is 1. The Morgan fingerprint density at radius 2 is 2.00 bits per heavy atom. The highest BCUT2D eigenvalue weighted by molar-refractivity contribution is 14.1. The maximum atomic E-state index is 11.5. The average molecular weight is 361 g/mol. The van der Waals surface area contributed by atoms with Crippen LogP contribution >= 0.6 is 22.6 Å². The van der Waals surface area contributed by atoms with Crippen LogP contribution in [0.2, 0.25) is 0 Å². The number of hydrogen-bond donors (Lipinski definition) is 3. The van der Waals surface area contributed by atoms with Crippen LogP contribution in [0.25, 0.3) is 0 Å². The van der Waals surface area contributed by atoms with Crippen molar-refractivity contribution >= 4 is 46.2 Å². The van der Waals surface area contributed by atoms with Crippen molar-refractivity contribution in [2.75, 3.05) is 7.11 Å². The average Bonchev–Trinajstić information content (AvgIpc) is 2.30. The second-order valence-corrected chi connectivity index (χ2v) is 4.22. The molecule has 1 rings (SSSR count). The number of aliphatic imine (C=N–C) groups is 2. The van der Waals surface area contributed by atoms with Crippen LogP contribution in [0.1, 0.15) is 10.4 Å². The fraction of sp³-hybridized carbons (Fsp3) is 0.100. The Hall–Kier alpha value is -1.84. The van der Waals surface area contributed by atoms with Crippen LogP contribution in [-0.2, 0) is 4.74 Å². The van der Waals surface area contributed by atoms with Crippen LogP contribution in [0.4, 0.5) is 5.69 Å². The molecule has 0 amide bonds. The summed E-state index contributed by atoms with van der Waals surface area (Å²) < 4.78 is 5.26. The van der Waals surface area contributed by atoms with Crippen LogP contribution < -0.4 is 17.2 Å². The smallest absolute Gasteiger partial charge is 0.339 e. The molecule has 1 aromatic rings. The van der Waals surface area contributed by atoms with E-state index >= 15 is 0 Å². The van der Waals surface area contributed by atoms with Crippen LogP contribution in [0.15, 0.2) is 28.2 Å². The Bertz CT molecular complexity index is 523. The molecule has 0 bridgehead atoms. The van der Waals surface area contributed by atoms with Gasteiger partial charge in [0.1, 0.15) is 0 Å². The molecule has 18 heavy (non-hydrogen) atoms. The number of carbonyl (C=O) groups excluding carboxylic acids is 1. The van der Waals surface area contributed by atoms with Gasteiger partial charge in [-0.3, -0.25) is 0 Å². The molecule has 8 heteroatoms. The Morgan fingerprint density at radius 1 is 1.33 bits per heavy atom. The topological polar surface area (TPSA) is 129 Å². The van der Waals surface area contributed by atoms with Gasteiger partial charge in [0.05, 0.1) is 21.9 Å². The van der Waals surface area contributed by atoms with E-state index in [1.807, 2.05) is 22.6 Å². The van der Waals surface area contributed by atoms with Crippen molar-refractivity contribution in [1.82, 2.24) is 0 Å². The third kappa shape index (κ3) is 3.58. The molecule has 0 radical (unpaired) electrons. The van der Waals surface area contributed by atoms with Gasteiger partial charge in [-0.2, -0.15) is 4.99 Å². The van der Waals surface area contributed by atoms with Gasteiger partial charge >= 0.3 is 5.97 Å². The number of nitrogens with two attached hydrogens (primary N) is 3. The van der Waals surface area contributed by atoms with E-state index in [9.17, 15) is 4.79 Å². The number of methoxy groups -OCH3 is 1. The molecule has 0 spiro atoms. The fourth-order valence-electron chi connectivity index (χ4n) is 1.15. The lowest BCUT2D eigenvalue weighted by Gasteiger charge is -2.05. The summed E-state index contributed by atoms with van der Waals surface area (Å²) in [7, 11) is 1.31. The first-order valence-electron chi connectivity index (χ1n) is 4.76. The molecule has 0 saturated heterocycles. The van der Waals surface area contributed by atoms with E-state index in [1.54, 1.807) is 18.2 Å². The lowest BCUT2D eigenvalue weighted by molar-refractivity contribution is 0.0599. The summed E-state index contributed by atoms with van der Waals surface area (Å²) in [6.45, 7) is 0. The van der Waals surface area contributed by atoms with E-state index in [4.69, 9.17) is 17.2 Å². The molecular weight excluding hydrogens is 349 g/mol. The number of hydrogen-bond acceptors (Lipinski definition) is 3. The zero-order valence-electron chi connectivity index (χ0n) is 9.55. The molecule has 0 unspecified atom stereocenters. The summed E-state index contributed by atoms with van der Waals surface area (Å²) in [6.07, 6.45) is 0. The summed E-state index contributed by atoms with van der Waals surface area (Å²) in [6, 6.07) is 4.97. The van der Waals surface area contributed by atoms with E-state index in [-0.39, 0.29) is 11.9 Å². The van der Waals surface area contributed by atoms with Crippen LogP contribution in [-0.4, -0.2) is 25.0 Å². The molecule has 0 saturated carbocycles. The highest BCUT2D eigenvalue weighted by Crippen LogP contribution is 2.25. The van der Waals surface area contributed by atoms with Crippen molar-refractivity contribution in [3.8, 4) is 0 Å². The van der Waals surface area contributed by atoms with E-state index in [2.05, 4.69) is 14.7 Å². The predicted molar refractivity (Wildman–Crippen MR) is 77.6 cm³/mol. The molecule has 0 fully saturated rings. The van der Waals surface area contributed by atoms with Gasteiger partial charge < -0.3 is 21.9 Å². The molecule has 7 nitrogen and oxygen atoms in total. The zero-order chi connectivity index (χ0) is 13.7. The van der Waals surface area contributed by atoms with Crippen molar-refractivity contribution in [3.05, 3.63) is 27.3 Å². The number of guanidine groups is 2. The summed E-state index contributed by atoms with van der Waals surface area (Å²) in [4.78, 5) is 19.1. The SMILES string of the molecule is COC(=O)c1cccc(N=C(N)N=C(N)N)c1I. The summed E-state index contributed by atoms with van der Waals surface area (Å²) in [5.41, 5.74) is 16.8. The van der Waals surface area contributed by atoms with Crippen molar-refractivity contribution < 1.29 is 9.53 Å². The van der Waals surface area contributed by atoms with E-state index in [1.165, 1.54) is 7.11 Å². The molecular formula is C10H12IN5O2. The Balaban J connectivity index is 3.20. The maximum Gasteiger partial charge on any atom is 0.339 e. The number of rotatable bonds is 2. The highest BCUT2D eigenvalue weighted by Gasteiger charge is 2.12. The van der Waals surface area contributed by atoms with E-state index in [0.717, 1.165) is 0 Å². The number of benzene rings is 1. The second-order valence-electron chi connectivity index (χ2n) is 3.14. The normalized spacial score (nSPS) is 10.9. The van der Waals surface area contributed by atoms with Gasteiger partial charge in [0.25, 0.3) is 0 Å². The van der Waals surface area contributed by atoms with Gasteiger partial charge in [0.15, 0.2) is 5.96 Å². The summed E-state index contributed by atoms with van der Waals surface area (Å²) >= 11 is 1.97. The van der Waals surface area contributed by atoms with Crippen LogP contribution in [0.3, 0.4) is 0 Å². The minimum Gasteiger partial charge on any atom is -0.465 e. The summed E-state index contributed by atoms with van der Waals surface area (Å²) in [5.74, 6) is -0.720. The zero-order valence-corrected chi connectivity index (χ0v) is 11.7. The van der Waals surface area contributed by atoms with Gasteiger partial charge in [-0.15, -0.1) is 0 Å². The van der Waals surface area contributed by atoms with Gasteiger partial charge in [-0.1, -0.05) is 6.07 Å². The maximum absolute atomic E-state index is 11.5. The Labute approximate surface area is 117 Å². The quantitative estimate of drug-likeness (QED) is 0.302. The molecule has 6 N–H and O–H groups in total. The Morgan fingerprint density at radius 3 is 2.56 bits per heavy atom. The second kappa shape index (κ2) is 6.19. The largest absolute Gasteiger partial charge is 0.465 e. The van der Waals surface area contributed by atoms with Crippen molar-refractivity contribution in [2.24, 2.45) is 27.2 Å². The predicted octanol–water partition coefficient (Wildman–Crippen LogP) is 0.297. The monoisotopic (exact) mass is 361 g/mol. The minimum atomic E-state index is -0.447. The van der Waals surface area contributed by atoms with Crippen molar-refractivity contribution in [2.45, 2.75) is 0 Å². The molecule has 96 valence electrons. The third-order valence-corrected chi connectivity index (χ3v) is 3.00. The first-order chi connectivity index (χ1) is 8.45. The van der Waals surface area contributed by atoms with Gasteiger partial charge in [-0.05, 0) is 34.7 Å². The Kier molecular flexibility index (Phi) is 4.89. The first kappa shape index (κ1) is 14.2. The summed E-state index contributed by atoms with van der Waals surface area (Å²) in [5, 5.41) is 0. The van der Waals surface area contributed by atoms with Crippen molar-refractivity contribution in [1.29, 1.82) is 0 Å². The molecule has 0 atom stereocenters. The van der Waals surface area contributed by atoms with Crippen molar-refractivity contribution in [3.63, 3.8) is 0 Å². The minimum absolute atomic E-state index is 0.0880. The number of carbonyl (C=O) groups is 1. The lowest BCUT2D eigenvalue weighted by atomic mass is 10.2. The van der Waals surface area contributed by atoms with Gasteiger partial charge in [0, 0.05) is 0 Å². The van der Waals surface area contributed by atoms with Gasteiger partial charge in [0.2, 0.25) is 5.96 Å². The van der Waals surface area contributed by atoms with Crippen LogP contribution in [0, 0.1) is 3.57 Å². The first-order valence-corrected chi connectivity index (χ1v) is 5.84. The van der Waals surface area contributed by atoms with Gasteiger partial charge in [-0.25, -0.2) is 9.79 Å². The molecule has 0 aliphatic carbocycles. The van der Waals surface area contributed by atoms with E-state index in [0.29, 0.717) is 14.8 Å². The fourth-order valence-corrected chi connectivity index (χ4v) is 1.85. The molecule has 0 aliphatic heterocycles. The van der Waals surface area contributed by atoms with Crippen LogP contribution in [0.5, 0.6) is 0 Å². The lowest BCUT2D eigenvalue weighted by Crippen LogP contribution is -2.26. The molecule has 0 aliphatic rings. The molecule has 0 aromatic heterocycles.